The van der Waals surface area contributed by atoms with Gasteiger partial charge in [0.25, 0.3) is 0 Å². The molecule has 1 aromatic carbocycles. The summed E-state index contributed by atoms with van der Waals surface area (Å²) < 4.78 is 5.54. The largest absolute Gasteiger partial charge is 0.380 e. The van der Waals surface area contributed by atoms with Crippen LogP contribution in [0.3, 0.4) is 0 Å². The van der Waals surface area contributed by atoms with Crippen LogP contribution in [0.25, 0.3) is 11.2 Å². The molecule has 2 fully saturated rings. The Morgan fingerprint density at radius 3 is 2.76 bits per heavy atom. The molecule has 5 rings (SSSR count). The molecule has 3 aromatic rings. The van der Waals surface area contributed by atoms with E-state index in [2.05, 4.69) is 42.6 Å². The second-order valence-electron chi connectivity index (χ2n) is 7.81. The molecule has 0 aliphatic carbocycles. The molecule has 2 saturated heterocycles. The molecule has 8 nitrogen and oxygen atoms in total. The number of rotatable bonds is 6. The van der Waals surface area contributed by atoms with Crippen molar-refractivity contribution in [2.45, 2.75) is 37.9 Å². The molecule has 4 heterocycles. The lowest BCUT2D eigenvalue weighted by Gasteiger charge is -2.35. The van der Waals surface area contributed by atoms with E-state index >= 15 is 0 Å². The number of aromatic nitrogens is 4. The van der Waals surface area contributed by atoms with Gasteiger partial charge in [0.15, 0.2) is 11.5 Å². The highest BCUT2D eigenvalue weighted by Crippen LogP contribution is 2.23. The van der Waals surface area contributed by atoms with Crippen molar-refractivity contribution in [2.75, 3.05) is 36.9 Å². The molecule has 2 aliphatic rings. The van der Waals surface area contributed by atoms with Crippen LogP contribution in [-0.4, -0.2) is 63.2 Å². The molecule has 3 N–H and O–H groups in total. The molecule has 0 amide bonds. The summed E-state index contributed by atoms with van der Waals surface area (Å²) in [5.74, 6) is 1.42. The maximum absolute atomic E-state index is 5.54. The molecule has 1 unspecified atom stereocenters. The van der Waals surface area contributed by atoms with Crippen LogP contribution in [0.2, 0.25) is 0 Å². The minimum atomic E-state index is 0.381. The Kier molecular flexibility index (Phi) is 5.27. The molecule has 0 bridgehead atoms. The van der Waals surface area contributed by atoms with E-state index in [0.717, 1.165) is 56.9 Å². The van der Waals surface area contributed by atoms with Crippen molar-refractivity contribution in [3.63, 3.8) is 0 Å². The molecule has 152 valence electrons. The summed E-state index contributed by atoms with van der Waals surface area (Å²) in [5.41, 5.74) is 2.72. The van der Waals surface area contributed by atoms with Crippen molar-refractivity contribution >= 4 is 22.9 Å². The number of likely N-dealkylation sites (tertiary alicyclic amines) is 1. The predicted molar refractivity (Wildman–Crippen MR) is 113 cm³/mol. The number of hydrogen-bond donors (Lipinski definition) is 3. The van der Waals surface area contributed by atoms with E-state index in [1.807, 2.05) is 18.2 Å². The van der Waals surface area contributed by atoms with Crippen LogP contribution >= 0.6 is 0 Å². The minimum absolute atomic E-state index is 0.381. The van der Waals surface area contributed by atoms with Crippen LogP contribution in [0, 0.1) is 0 Å². The van der Waals surface area contributed by atoms with Gasteiger partial charge in [-0.15, -0.1) is 0 Å². The zero-order valence-electron chi connectivity index (χ0n) is 16.5. The fourth-order valence-electron chi connectivity index (χ4n) is 4.21. The molecule has 2 aromatic heterocycles. The van der Waals surface area contributed by atoms with Gasteiger partial charge in [-0.3, -0.25) is 4.90 Å². The average molecular weight is 393 g/mol. The molecule has 29 heavy (non-hydrogen) atoms. The van der Waals surface area contributed by atoms with Gasteiger partial charge >= 0.3 is 0 Å². The zero-order chi connectivity index (χ0) is 19.5. The van der Waals surface area contributed by atoms with Crippen molar-refractivity contribution in [1.82, 2.24) is 24.8 Å². The van der Waals surface area contributed by atoms with Crippen molar-refractivity contribution < 1.29 is 4.74 Å². The Hall–Kier alpha value is -2.71. The molecule has 2 aliphatic heterocycles. The van der Waals surface area contributed by atoms with Gasteiger partial charge < -0.3 is 20.4 Å². The highest BCUT2D eigenvalue weighted by atomic mass is 16.5. The second kappa shape index (κ2) is 8.34. The van der Waals surface area contributed by atoms with E-state index in [0.29, 0.717) is 30.2 Å². The maximum atomic E-state index is 5.54. The third-order valence-electron chi connectivity index (χ3n) is 5.87. The zero-order valence-corrected chi connectivity index (χ0v) is 16.5. The maximum Gasteiger partial charge on any atom is 0.227 e. The number of ether oxygens (including phenoxy) is 1. The highest BCUT2D eigenvalue weighted by Gasteiger charge is 2.28. The first-order valence-corrected chi connectivity index (χ1v) is 10.4. The molecule has 8 heteroatoms. The summed E-state index contributed by atoms with van der Waals surface area (Å²) in [4.78, 5) is 19.4. The molecule has 0 spiro atoms. The lowest BCUT2D eigenvalue weighted by atomic mass is 10.0. The third kappa shape index (κ3) is 4.18. The summed E-state index contributed by atoms with van der Waals surface area (Å²) in [7, 11) is 0. The number of aromatic amines is 1. The van der Waals surface area contributed by atoms with E-state index in [1.165, 1.54) is 5.56 Å². The van der Waals surface area contributed by atoms with Crippen molar-refractivity contribution in [2.24, 2.45) is 0 Å². The smallest absolute Gasteiger partial charge is 0.227 e. The predicted octanol–water partition coefficient (Wildman–Crippen LogP) is 2.63. The number of benzene rings is 1. The lowest BCUT2D eigenvalue weighted by Crippen LogP contribution is -2.45. The van der Waals surface area contributed by atoms with Crippen LogP contribution < -0.4 is 10.6 Å². The normalized spacial score (nSPS) is 20.9. The number of nitrogens with zero attached hydrogens (tertiary/aromatic N) is 4. The van der Waals surface area contributed by atoms with Crippen molar-refractivity contribution in [3.8, 4) is 0 Å². The lowest BCUT2D eigenvalue weighted by molar-refractivity contribution is 0.124. The first-order chi connectivity index (χ1) is 14.3. The first kappa shape index (κ1) is 18.3. The van der Waals surface area contributed by atoms with Crippen molar-refractivity contribution in [1.29, 1.82) is 0 Å². The average Bonchev–Trinajstić information content (AvgIpc) is 3.45. The summed E-state index contributed by atoms with van der Waals surface area (Å²) in [5, 5.41) is 6.97. The summed E-state index contributed by atoms with van der Waals surface area (Å²) in [6.45, 7) is 4.67. The number of H-pyrrole nitrogens is 1. The fraction of sp³-hybridized carbons (Fsp3) is 0.476. The summed E-state index contributed by atoms with van der Waals surface area (Å²) in [6, 6.07) is 11.3. The fourth-order valence-corrected chi connectivity index (χ4v) is 4.21. The number of imidazole rings is 1. The molecule has 0 radical (unpaired) electrons. The number of anilines is 2. The SMILES string of the molecule is c1ccc(CNc2nc(NC3CCN(C4CCOC4)CC3)nc3nc[nH]c23)cc1. The Balaban J connectivity index is 1.25. The van der Waals surface area contributed by atoms with Crippen LogP contribution in [0.1, 0.15) is 24.8 Å². The number of nitrogens with one attached hydrogen (secondary N) is 3. The van der Waals surface area contributed by atoms with E-state index in [4.69, 9.17) is 9.72 Å². The van der Waals surface area contributed by atoms with Gasteiger partial charge in [0.1, 0.15) is 5.52 Å². The Bertz CT molecular complexity index is 931. The Morgan fingerprint density at radius 1 is 1.10 bits per heavy atom. The summed E-state index contributed by atoms with van der Waals surface area (Å²) >= 11 is 0. The minimum Gasteiger partial charge on any atom is -0.380 e. The standard InChI is InChI=1S/C21H27N7O/c1-2-4-15(5-3-1)12-22-19-18-20(24-14-23-18)27-21(26-19)25-16-6-9-28(10-7-16)17-8-11-29-13-17/h1-5,14,16-17H,6-13H2,(H3,22,23,24,25,26,27). The highest BCUT2D eigenvalue weighted by molar-refractivity contribution is 5.83. The summed E-state index contributed by atoms with van der Waals surface area (Å²) in [6.07, 6.45) is 5.00. The van der Waals surface area contributed by atoms with Crippen LogP contribution in [0.5, 0.6) is 0 Å². The van der Waals surface area contributed by atoms with Gasteiger partial charge in [-0.25, -0.2) is 4.98 Å². The monoisotopic (exact) mass is 393 g/mol. The Morgan fingerprint density at radius 2 is 1.97 bits per heavy atom. The van der Waals surface area contributed by atoms with E-state index in [9.17, 15) is 0 Å². The van der Waals surface area contributed by atoms with Crippen LogP contribution in [-0.2, 0) is 11.3 Å². The van der Waals surface area contributed by atoms with Gasteiger partial charge in [0.2, 0.25) is 5.95 Å². The molecule has 1 atom stereocenters. The van der Waals surface area contributed by atoms with Crippen LogP contribution in [0.15, 0.2) is 36.7 Å². The Labute approximate surface area is 170 Å². The van der Waals surface area contributed by atoms with Gasteiger partial charge in [0.05, 0.1) is 12.9 Å². The van der Waals surface area contributed by atoms with Gasteiger partial charge in [0, 0.05) is 38.3 Å². The number of piperidine rings is 1. The van der Waals surface area contributed by atoms with E-state index < -0.39 is 0 Å². The van der Waals surface area contributed by atoms with Crippen molar-refractivity contribution in [3.05, 3.63) is 42.2 Å². The van der Waals surface area contributed by atoms with E-state index in [1.54, 1.807) is 6.33 Å². The quantitative estimate of drug-likeness (QED) is 0.593. The van der Waals surface area contributed by atoms with Crippen LogP contribution in [0.4, 0.5) is 11.8 Å². The van der Waals surface area contributed by atoms with Gasteiger partial charge in [-0.2, -0.15) is 9.97 Å². The number of hydrogen-bond acceptors (Lipinski definition) is 7. The number of fused-ring (bicyclic) bond motifs is 1. The second-order valence-corrected chi connectivity index (χ2v) is 7.81. The van der Waals surface area contributed by atoms with E-state index in [-0.39, 0.29) is 0 Å². The van der Waals surface area contributed by atoms with Gasteiger partial charge in [-0.05, 0) is 24.8 Å². The molecule has 0 saturated carbocycles. The van der Waals surface area contributed by atoms with Gasteiger partial charge in [-0.1, -0.05) is 30.3 Å². The first-order valence-electron chi connectivity index (χ1n) is 10.4. The topological polar surface area (TPSA) is 91.0 Å². The molecular formula is C21H27N7O. The molecular weight excluding hydrogens is 366 g/mol. The third-order valence-corrected chi connectivity index (χ3v) is 5.87.